The number of aromatic hydroxyl groups is 1. The summed E-state index contributed by atoms with van der Waals surface area (Å²) in [5.74, 6) is 0.905. The summed E-state index contributed by atoms with van der Waals surface area (Å²) in [6.45, 7) is 4.78. The highest BCUT2D eigenvalue weighted by molar-refractivity contribution is 6.32. The molecule has 0 saturated heterocycles. The van der Waals surface area contributed by atoms with E-state index in [-0.39, 0.29) is 5.75 Å². The molecule has 2 rings (SSSR count). The van der Waals surface area contributed by atoms with Crippen LogP contribution in [0.25, 0.3) is 0 Å². The van der Waals surface area contributed by atoms with Gasteiger partial charge in [-0.3, -0.25) is 0 Å². The third-order valence-corrected chi connectivity index (χ3v) is 3.04. The summed E-state index contributed by atoms with van der Waals surface area (Å²) in [5, 5.41) is 12.9. The van der Waals surface area contributed by atoms with Gasteiger partial charge in [-0.25, -0.2) is 0 Å². The van der Waals surface area contributed by atoms with E-state index in [0.29, 0.717) is 18.2 Å². The molecule has 3 nitrogen and oxygen atoms in total. The Kier molecular flexibility index (Phi) is 4.91. The summed E-state index contributed by atoms with van der Waals surface area (Å²) in [5.41, 5.74) is 1.99. The van der Waals surface area contributed by atoms with Crippen LogP contribution in [0.5, 0.6) is 11.5 Å². The molecule has 0 spiro atoms. The molecule has 2 N–H and O–H groups in total. The van der Waals surface area contributed by atoms with Crippen LogP contribution < -0.4 is 10.1 Å². The van der Waals surface area contributed by atoms with E-state index in [4.69, 9.17) is 16.3 Å². The molecule has 0 aliphatic heterocycles. The number of hydrogen-bond donors (Lipinski definition) is 2. The quantitative estimate of drug-likeness (QED) is 0.618. The molecule has 0 amide bonds. The van der Waals surface area contributed by atoms with Crippen LogP contribution in [0.2, 0.25) is 5.02 Å². The van der Waals surface area contributed by atoms with Gasteiger partial charge in [0.2, 0.25) is 0 Å². The Bertz CT molecular complexity index is 582. The monoisotopic (exact) mass is 289 g/mol. The molecule has 2 aromatic rings. The lowest BCUT2D eigenvalue weighted by Gasteiger charge is -2.09. The number of phenols is 1. The van der Waals surface area contributed by atoms with Crippen LogP contribution in [-0.2, 0) is 6.54 Å². The summed E-state index contributed by atoms with van der Waals surface area (Å²) in [7, 11) is 0. The molecule has 104 valence electrons. The summed E-state index contributed by atoms with van der Waals surface area (Å²) >= 11 is 5.85. The Balaban J connectivity index is 1.93. The summed E-state index contributed by atoms with van der Waals surface area (Å²) in [4.78, 5) is 0. The maximum Gasteiger partial charge on any atom is 0.134 e. The van der Waals surface area contributed by atoms with E-state index in [9.17, 15) is 5.11 Å². The van der Waals surface area contributed by atoms with Crippen LogP contribution in [0.1, 0.15) is 5.56 Å². The third-order valence-electron chi connectivity index (χ3n) is 2.74. The molecular weight excluding hydrogens is 274 g/mol. The molecule has 20 heavy (non-hydrogen) atoms. The maximum atomic E-state index is 9.35. The lowest BCUT2D eigenvalue weighted by atomic mass is 10.2. The zero-order valence-electron chi connectivity index (χ0n) is 11.0. The minimum atomic E-state index is 0.0842. The first-order valence-corrected chi connectivity index (χ1v) is 6.62. The van der Waals surface area contributed by atoms with Crippen molar-refractivity contribution in [3.63, 3.8) is 0 Å². The molecule has 0 aliphatic carbocycles. The lowest BCUT2D eigenvalue weighted by Crippen LogP contribution is -1.99. The summed E-state index contributed by atoms with van der Waals surface area (Å²) in [6.07, 6.45) is 1.71. The van der Waals surface area contributed by atoms with Crippen LogP contribution >= 0.6 is 11.6 Å². The lowest BCUT2D eigenvalue weighted by molar-refractivity contribution is 0.363. The van der Waals surface area contributed by atoms with Crippen LogP contribution in [0, 0.1) is 0 Å². The number of phenolic OH excluding ortho intramolecular Hbond substituents is 1. The van der Waals surface area contributed by atoms with Crippen molar-refractivity contribution in [1.82, 2.24) is 0 Å². The average Bonchev–Trinajstić information content (AvgIpc) is 2.47. The van der Waals surface area contributed by atoms with Gasteiger partial charge in [0, 0.05) is 12.2 Å². The fraction of sp³-hybridized carbons (Fsp3) is 0.125. The molecule has 0 heterocycles. The Labute approximate surface area is 123 Å². The van der Waals surface area contributed by atoms with E-state index < -0.39 is 0 Å². The van der Waals surface area contributed by atoms with E-state index >= 15 is 0 Å². The first-order chi connectivity index (χ1) is 9.69. The normalized spacial score (nSPS) is 10.1. The highest BCUT2D eigenvalue weighted by Gasteiger charge is 2.00. The van der Waals surface area contributed by atoms with Gasteiger partial charge in [-0.1, -0.05) is 36.4 Å². The average molecular weight is 290 g/mol. The van der Waals surface area contributed by atoms with Crippen molar-refractivity contribution < 1.29 is 9.84 Å². The second-order valence-electron chi connectivity index (χ2n) is 4.26. The van der Waals surface area contributed by atoms with Gasteiger partial charge >= 0.3 is 0 Å². The first kappa shape index (κ1) is 14.3. The van der Waals surface area contributed by atoms with Crippen LogP contribution in [0.15, 0.2) is 55.1 Å². The van der Waals surface area contributed by atoms with E-state index in [0.717, 1.165) is 17.0 Å². The van der Waals surface area contributed by atoms with Crippen molar-refractivity contribution in [3.8, 4) is 11.5 Å². The SMILES string of the molecule is C=CCOc1ccc(CNc2ccc(O)c(Cl)c2)cc1. The molecule has 4 heteroatoms. The molecule has 0 fully saturated rings. The number of halogens is 1. The van der Waals surface area contributed by atoms with Gasteiger partial charge in [-0.15, -0.1) is 0 Å². The summed E-state index contributed by atoms with van der Waals surface area (Å²) in [6, 6.07) is 12.9. The largest absolute Gasteiger partial charge is 0.506 e. The molecule has 2 aromatic carbocycles. The van der Waals surface area contributed by atoms with Crippen molar-refractivity contribution in [2.75, 3.05) is 11.9 Å². The Morgan fingerprint density at radius 1 is 1.20 bits per heavy atom. The van der Waals surface area contributed by atoms with Gasteiger partial charge in [0.05, 0.1) is 5.02 Å². The Hall–Kier alpha value is -2.13. The number of ether oxygens (including phenoxy) is 1. The maximum absolute atomic E-state index is 9.35. The zero-order chi connectivity index (χ0) is 14.4. The summed E-state index contributed by atoms with van der Waals surface area (Å²) < 4.78 is 5.42. The van der Waals surface area contributed by atoms with Gasteiger partial charge in [-0.2, -0.15) is 0 Å². The van der Waals surface area contributed by atoms with Gasteiger partial charge in [0.25, 0.3) is 0 Å². The number of benzene rings is 2. The predicted octanol–water partition coefficient (Wildman–Crippen LogP) is 4.22. The molecule has 0 unspecified atom stereocenters. The zero-order valence-corrected chi connectivity index (χ0v) is 11.7. The number of rotatable bonds is 6. The minimum absolute atomic E-state index is 0.0842. The molecule has 0 saturated carbocycles. The van der Waals surface area contributed by atoms with Crippen molar-refractivity contribution in [1.29, 1.82) is 0 Å². The number of nitrogens with one attached hydrogen (secondary N) is 1. The van der Waals surface area contributed by atoms with Crippen molar-refractivity contribution >= 4 is 17.3 Å². The number of hydrogen-bond acceptors (Lipinski definition) is 3. The van der Waals surface area contributed by atoms with E-state index in [1.54, 1.807) is 24.3 Å². The third kappa shape index (κ3) is 3.93. The molecule has 0 radical (unpaired) electrons. The minimum Gasteiger partial charge on any atom is -0.506 e. The van der Waals surface area contributed by atoms with Crippen molar-refractivity contribution in [2.24, 2.45) is 0 Å². The van der Waals surface area contributed by atoms with Gasteiger partial charge in [0.1, 0.15) is 18.1 Å². The van der Waals surface area contributed by atoms with E-state index in [1.165, 1.54) is 0 Å². The van der Waals surface area contributed by atoms with Crippen LogP contribution in [0.4, 0.5) is 5.69 Å². The van der Waals surface area contributed by atoms with Crippen LogP contribution in [-0.4, -0.2) is 11.7 Å². The van der Waals surface area contributed by atoms with Crippen molar-refractivity contribution in [2.45, 2.75) is 6.54 Å². The van der Waals surface area contributed by atoms with E-state index in [2.05, 4.69) is 11.9 Å². The first-order valence-electron chi connectivity index (χ1n) is 6.24. The highest BCUT2D eigenvalue weighted by Crippen LogP contribution is 2.26. The van der Waals surface area contributed by atoms with Crippen molar-refractivity contribution in [3.05, 3.63) is 65.7 Å². The second-order valence-corrected chi connectivity index (χ2v) is 4.67. The fourth-order valence-electron chi connectivity index (χ4n) is 1.68. The standard InChI is InChI=1S/C16H16ClNO2/c1-2-9-20-14-6-3-12(4-7-14)11-18-13-5-8-16(19)15(17)10-13/h2-8,10,18-19H,1,9,11H2. The van der Waals surface area contributed by atoms with Gasteiger partial charge < -0.3 is 15.2 Å². The molecule has 0 bridgehead atoms. The number of anilines is 1. The molecular formula is C16H16ClNO2. The smallest absolute Gasteiger partial charge is 0.134 e. The Morgan fingerprint density at radius 2 is 1.95 bits per heavy atom. The highest BCUT2D eigenvalue weighted by atomic mass is 35.5. The topological polar surface area (TPSA) is 41.5 Å². The molecule has 0 aliphatic rings. The van der Waals surface area contributed by atoms with Gasteiger partial charge in [0.15, 0.2) is 0 Å². The fourth-order valence-corrected chi connectivity index (χ4v) is 1.86. The molecule has 0 atom stereocenters. The van der Waals surface area contributed by atoms with E-state index in [1.807, 2.05) is 24.3 Å². The van der Waals surface area contributed by atoms with Crippen LogP contribution in [0.3, 0.4) is 0 Å². The second kappa shape index (κ2) is 6.87. The Morgan fingerprint density at radius 3 is 2.60 bits per heavy atom. The van der Waals surface area contributed by atoms with Gasteiger partial charge in [-0.05, 0) is 35.9 Å². The molecule has 0 aromatic heterocycles. The predicted molar refractivity (Wildman–Crippen MR) is 82.6 cm³/mol.